The normalized spacial score (nSPS) is 15.6. The third-order valence-corrected chi connectivity index (χ3v) is 4.03. The summed E-state index contributed by atoms with van der Waals surface area (Å²) in [5, 5.41) is 3.21. The molecular formula is C16H27N5O2. The molecule has 0 amide bonds. The molecule has 0 unspecified atom stereocenters. The Labute approximate surface area is 137 Å². The number of hydrogen-bond donors (Lipinski definition) is 2. The van der Waals surface area contributed by atoms with E-state index in [2.05, 4.69) is 27.1 Å². The lowest BCUT2D eigenvalue weighted by atomic mass is 10.1. The van der Waals surface area contributed by atoms with Gasteiger partial charge in [0.1, 0.15) is 5.56 Å². The first-order chi connectivity index (χ1) is 11.0. The number of nitrogens with one attached hydrogen (secondary N) is 1. The molecule has 1 aliphatic rings. The van der Waals surface area contributed by atoms with Crippen molar-refractivity contribution in [3.05, 3.63) is 11.3 Å². The van der Waals surface area contributed by atoms with E-state index >= 15 is 0 Å². The number of nitrogen functional groups attached to an aromatic ring is 1. The quantitative estimate of drug-likeness (QED) is 0.792. The molecular weight excluding hydrogens is 294 g/mol. The first kappa shape index (κ1) is 17.3. The number of nitrogens with two attached hydrogens (primary N) is 1. The molecule has 1 saturated heterocycles. The van der Waals surface area contributed by atoms with E-state index in [1.165, 1.54) is 0 Å². The number of likely N-dealkylation sites (N-methyl/N-ethyl adjacent to an activating group) is 1. The molecule has 7 nitrogen and oxygen atoms in total. The number of anilines is 3. The summed E-state index contributed by atoms with van der Waals surface area (Å²) >= 11 is 0. The maximum absolute atomic E-state index is 12.3. The van der Waals surface area contributed by atoms with Crippen LogP contribution in [0.3, 0.4) is 0 Å². The number of hydrogen-bond acceptors (Lipinski definition) is 7. The minimum atomic E-state index is -0.384. The summed E-state index contributed by atoms with van der Waals surface area (Å²) in [4.78, 5) is 21.3. The molecule has 0 radical (unpaired) electrons. The molecule has 1 fully saturated rings. The molecule has 0 spiro atoms. The molecule has 0 saturated carbocycles. The Morgan fingerprint density at radius 1 is 1.30 bits per heavy atom. The highest BCUT2D eigenvalue weighted by Crippen LogP contribution is 2.34. The first-order valence-corrected chi connectivity index (χ1v) is 8.14. The van der Waals surface area contributed by atoms with E-state index in [0.717, 1.165) is 32.0 Å². The van der Waals surface area contributed by atoms with Crippen molar-refractivity contribution in [3.8, 4) is 0 Å². The Morgan fingerprint density at radius 2 is 1.96 bits per heavy atom. The van der Waals surface area contributed by atoms with Gasteiger partial charge in [-0.1, -0.05) is 0 Å². The minimum absolute atomic E-state index is 0.323. The van der Waals surface area contributed by atoms with Gasteiger partial charge in [-0.05, 0) is 27.8 Å². The van der Waals surface area contributed by atoms with E-state index in [1.807, 2.05) is 13.8 Å². The largest absolute Gasteiger partial charge is 0.462 e. The van der Waals surface area contributed by atoms with E-state index in [1.54, 1.807) is 6.92 Å². The van der Waals surface area contributed by atoms with Gasteiger partial charge in [-0.25, -0.2) is 9.78 Å². The van der Waals surface area contributed by atoms with Gasteiger partial charge in [0, 0.05) is 32.7 Å². The number of ether oxygens (including phenoxy) is 1. The van der Waals surface area contributed by atoms with Crippen LogP contribution in [-0.4, -0.2) is 62.2 Å². The van der Waals surface area contributed by atoms with Crippen LogP contribution >= 0.6 is 0 Å². The molecule has 7 heteroatoms. The monoisotopic (exact) mass is 321 g/mol. The number of nitrogens with zero attached hydrogens (tertiary/aromatic N) is 3. The van der Waals surface area contributed by atoms with Crippen LogP contribution in [0.2, 0.25) is 0 Å². The third kappa shape index (κ3) is 3.67. The van der Waals surface area contributed by atoms with E-state index in [-0.39, 0.29) is 5.97 Å². The van der Waals surface area contributed by atoms with Crippen LogP contribution in [0.1, 0.15) is 29.9 Å². The molecule has 128 valence electrons. The van der Waals surface area contributed by atoms with Crippen LogP contribution in [0.5, 0.6) is 0 Å². The third-order valence-electron chi connectivity index (χ3n) is 4.03. The Kier molecular flexibility index (Phi) is 5.65. The van der Waals surface area contributed by atoms with E-state index < -0.39 is 0 Å². The smallest absolute Gasteiger partial charge is 0.342 e. The molecule has 2 heterocycles. The number of rotatable bonds is 5. The highest BCUT2D eigenvalue weighted by atomic mass is 16.5. The average molecular weight is 321 g/mol. The molecule has 0 aromatic carbocycles. The maximum Gasteiger partial charge on any atom is 0.342 e. The van der Waals surface area contributed by atoms with E-state index in [0.29, 0.717) is 35.8 Å². The Morgan fingerprint density at radius 3 is 2.52 bits per heavy atom. The van der Waals surface area contributed by atoms with Gasteiger partial charge in [-0.2, -0.15) is 0 Å². The predicted octanol–water partition coefficient (Wildman–Crippen LogP) is 1.33. The molecule has 2 rings (SSSR count). The van der Waals surface area contributed by atoms with Crippen LogP contribution in [0.25, 0.3) is 0 Å². The number of carbonyl (C=O) groups is 1. The van der Waals surface area contributed by atoms with Crippen LogP contribution in [-0.2, 0) is 4.74 Å². The first-order valence-electron chi connectivity index (χ1n) is 8.14. The number of esters is 1. The van der Waals surface area contributed by atoms with E-state index in [9.17, 15) is 4.79 Å². The van der Waals surface area contributed by atoms with Crippen LogP contribution in [0.4, 0.5) is 17.2 Å². The van der Waals surface area contributed by atoms with Gasteiger partial charge in [-0.15, -0.1) is 0 Å². The summed E-state index contributed by atoms with van der Waals surface area (Å²) in [6.45, 7) is 10.3. The summed E-state index contributed by atoms with van der Waals surface area (Å²) in [6, 6.07) is 0. The SMILES string of the molecule is CCNc1c(N)c(N2CCN(C)CC2)nc(C)c1C(=O)OCC. The zero-order chi connectivity index (χ0) is 17.0. The zero-order valence-electron chi connectivity index (χ0n) is 14.5. The summed E-state index contributed by atoms with van der Waals surface area (Å²) in [5.74, 6) is 0.365. The average Bonchev–Trinajstić information content (AvgIpc) is 2.52. The Bertz CT molecular complexity index is 568. The fourth-order valence-corrected chi connectivity index (χ4v) is 2.78. The van der Waals surface area contributed by atoms with Gasteiger partial charge in [-0.3, -0.25) is 0 Å². The number of aryl methyl sites for hydroxylation is 1. The van der Waals surface area contributed by atoms with Crippen LogP contribution in [0.15, 0.2) is 0 Å². The second-order valence-electron chi connectivity index (χ2n) is 5.73. The maximum atomic E-state index is 12.3. The molecule has 0 aliphatic carbocycles. The van der Waals surface area contributed by atoms with Gasteiger partial charge in [0.05, 0.1) is 23.7 Å². The van der Waals surface area contributed by atoms with Gasteiger partial charge in [0.2, 0.25) is 0 Å². The lowest BCUT2D eigenvalue weighted by Gasteiger charge is -2.34. The number of pyridine rings is 1. The highest BCUT2D eigenvalue weighted by Gasteiger charge is 2.25. The van der Waals surface area contributed by atoms with Crippen molar-refractivity contribution < 1.29 is 9.53 Å². The molecule has 1 aromatic heterocycles. The van der Waals surface area contributed by atoms with Crippen LogP contribution < -0.4 is 16.0 Å². The predicted molar refractivity (Wildman–Crippen MR) is 93.2 cm³/mol. The van der Waals surface area contributed by atoms with Crippen molar-refractivity contribution in [1.82, 2.24) is 9.88 Å². The number of piperazine rings is 1. The van der Waals surface area contributed by atoms with Gasteiger partial charge < -0.3 is 25.6 Å². The Balaban J connectivity index is 2.44. The van der Waals surface area contributed by atoms with Gasteiger partial charge in [0.15, 0.2) is 5.82 Å². The number of aromatic nitrogens is 1. The standard InChI is InChI=1S/C16H27N5O2/c1-5-18-14-12(16(22)23-6-2)11(3)19-15(13(14)17)21-9-7-20(4)8-10-21/h5-10,17H2,1-4H3,(H,18,19). The summed E-state index contributed by atoms with van der Waals surface area (Å²) in [5.41, 5.74) is 8.58. The van der Waals surface area contributed by atoms with Crippen molar-refractivity contribution in [1.29, 1.82) is 0 Å². The number of carbonyl (C=O) groups excluding carboxylic acids is 1. The fourth-order valence-electron chi connectivity index (χ4n) is 2.78. The molecule has 3 N–H and O–H groups in total. The summed E-state index contributed by atoms with van der Waals surface area (Å²) in [6.07, 6.45) is 0. The molecule has 0 atom stereocenters. The lowest BCUT2D eigenvalue weighted by Crippen LogP contribution is -2.45. The summed E-state index contributed by atoms with van der Waals surface area (Å²) in [7, 11) is 2.10. The van der Waals surface area contributed by atoms with Crippen LogP contribution in [0, 0.1) is 6.92 Å². The fraction of sp³-hybridized carbons (Fsp3) is 0.625. The van der Waals surface area contributed by atoms with Crippen molar-refractivity contribution in [2.45, 2.75) is 20.8 Å². The zero-order valence-corrected chi connectivity index (χ0v) is 14.5. The van der Waals surface area contributed by atoms with Crippen molar-refractivity contribution in [2.24, 2.45) is 0 Å². The second-order valence-corrected chi connectivity index (χ2v) is 5.73. The molecule has 23 heavy (non-hydrogen) atoms. The minimum Gasteiger partial charge on any atom is -0.462 e. The van der Waals surface area contributed by atoms with Gasteiger partial charge >= 0.3 is 5.97 Å². The van der Waals surface area contributed by atoms with Crippen molar-refractivity contribution in [2.75, 3.05) is 62.3 Å². The second kappa shape index (κ2) is 7.50. The highest BCUT2D eigenvalue weighted by molar-refractivity contribution is 6.01. The van der Waals surface area contributed by atoms with E-state index in [4.69, 9.17) is 10.5 Å². The molecule has 1 aromatic rings. The topological polar surface area (TPSA) is 83.7 Å². The molecule has 0 bridgehead atoms. The van der Waals surface area contributed by atoms with Gasteiger partial charge in [0.25, 0.3) is 0 Å². The Hall–Kier alpha value is -2.02. The summed E-state index contributed by atoms with van der Waals surface area (Å²) < 4.78 is 5.16. The van der Waals surface area contributed by atoms with Crippen molar-refractivity contribution in [3.63, 3.8) is 0 Å². The molecule has 1 aliphatic heterocycles. The van der Waals surface area contributed by atoms with Crippen molar-refractivity contribution >= 4 is 23.2 Å². The lowest BCUT2D eigenvalue weighted by molar-refractivity contribution is 0.0526.